The van der Waals surface area contributed by atoms with Crippen LogP contribution in [0.2, 0.25) is 5.02 Å². The molecule has 0 spiro atoms. The summed E-state index contributed by atoms with van der Waals surface area (Å²) in [6.07, 6.45) is 0. The third-order valence-electron chi connectivity index (χ3n) is 2.42. The molecular weight excluding hydrogens is 258 g/mol. The van der Waals surface area contributed by atoms with Gasteiger partial charge in [-0.2, -0.15) is 0 Å². The molecule has 0 saturated heterocycles. The fraction of sp³-hybridized carbons (Fsp3) is 0.182. The molecule has 17 heavy (non-hydrogen) atoms. The lowest BCUT2D eigenvalue weighted by molar-refractivity contribution is 0.404. The molecule has 4 nitrogen and oxygen atoms in total. The third-order valence-corrected chi connectivity index (χ3v) is 3.26. The average molecular weight is 270 g/mol. The third kappa shape index (κ3) is 2.58. The molecule has 1 unspecified atom stereocenters. The maximum atomic E-state index is 5.99. The molecule has 1 atom stereocenters. The predicted octanol–water partition coefficient (Wildman–Crippen LogP) is 2.36. The summed E-state index contributed by atoms with van der Waals surface area (Å²) in [6.45, 7) is 0. The minimum absolute atomic E-state index is 0.227. The van der Waals surface area contributed by atoms with Crippen molar-refractivity contribution in [2.75, 3.05) is 7.11 Å². The Labute approximate surface area is 108 Å². The quantitative estimate of drug-likeness (QED) is 0.661. The van der Waals surface area contributed by atoms with Crippen molar-refractivity contribution in [2.24, 2.45) is 5.84 Å². The van der Waals surface area contributed by atoms with Crippen molar-refractivity contribution in [3.63, 3.8) is 0 Å². The van der Waals surface area contributed by atoms with Crippen LogP contribution in [0.15, 0.2) is 29.1 Å². The number of thiazole rings is 1. The summed E-state index contributed by atoms with van der Waals surface area (Å²) in [5.41, 5.74) is 6.20. The summed E-state index contributed by atoms with van der Waals surface area (Å²) in [6, 6.07) is 5.19. The number of hydrogen-bond acceptors (Lipinski definition) is 5. The molecule has 0 saturated carbocycles. The Morgan fingerprint density at radius 2 is 2.35 bits per heavy atom. The minimum Gasteiger partial charge on any atom is -0.496 e. The summed E-state index contributed by atoms with van der Waals surface area (Å²) in [5, 5.41) is 2.57. The zero-order chi connectivity index (χ0) is 12.3. The molecule has 0 bridgehead atoms. The molecule has 0 aliphatic heterocycles. The Morgan fingerprint density at radius 1 is 1.53 bits per heavy atom. The number of methoxy groups -OCH3 is 1. The number of hydrogen-bond donors (Lipinski definition) is 2. The van der Waals surface area contributed by atoms with Gasteiger partial charge in [-0.15, -0.1) is 11.3 Å². The Hall–Kier alpha value is -1.14. The minimum atomic E-state index is -0.227. The van der Waals surface area contributed by atoms with E-state index in [1.54, 1.807) is 18.7 Å². The highest BCUT2D eigenvalue weighted by molar-refractivity contribution is 7.07. The van der Waals surface area contributed by atoms with Crippen LogP contribution in [0, 0.1) is 0 Å². The lowest BCUT2D eigenvalue weighted by Gasteiger charge is -2.17. The van der Waals surface area contributed by atoms with Gasteiger partial charge in [-0.05, 0) is 18.2 Å². The summed E-state index contributed by atoms with van der Waals surface area (Å²) in [5.74, 6) is 6.31. The summed E-state index contributed by atoms with van der Waals surface area (Å²) in [7, 11) is 1.61. The van der Waals surface area contributed by atoms with Crippen molar-refractivity contribution in [2.45, 2.75) is 6.04 Å². The Bertz CT molecular complexity index is 489. The molecular formula is C11H12ClN3OS. The average Bonchev–Trinajstić information content (AvgIpc) is 2.84. The van der Waals surface area contributed by atoms with E-state index in [0.29, 0.717) is 5.02 Å². The number of aromatic nitrogens is 1. The first kappa shape index (κ1) is 12.3. The first-order valence-electron chi connectivity index (χ1n) is 4.94. The molecule has 0 amide bonds. The predicted molar refractivity (Wildman–Crippen MR) is 69.3 cm³/mol. The van der Waals surface area contributed by atoms with Crippen LogP contribution >= 0.6 is 22.9 Å². The first-order valence-corrected chi connectivity index (χ1v) is 6.26. The number of rotatable bonds is 4. The van der Waals surface area contributed by atoms with Crippen molar-refractivity contribution in [3.05, 3.63) is 45.4 Å². The molecule has 6 heteroatoms. The molecule has 2 rings (SSSR count). The van der Waals surface area contributed by atoms with Crippen molar-refractivity contribution in [3.8, 4) is 5.75 Å². The van der Waals surface area contributed by atoms with Gasteiger partial charge in [0, 0.05) is 16.0 Å². The van der Waals surface area contributed by atoms with Gasteiger partial charge in [0.1, 0.15) is 5.75 Å². The highest BCUT2D eigenvalue weighted by Gasteiger charge is 2.18. The maximum absolute atomic E-state index is 5.99. The van der Waals surface area contributed by atoms with E-state index in [1.165, 1.54) is 11.3 Å². The fourth-order valence-corrected chi connectivity index (χ4v) is 2.39. The van der Waals surface area contributed by atoms with Gasteiger partial charge in [0.05, 0.1) is 24.4 Å². The summed E-state index contributed by atoms with van der Waals surface area (Å²) >= 11 is 7.51. The van der Waals surface area contributed by atoms with Crippen molar-refractivity contribution in [1.82, 2.24) is 10.4 Å². The van der Waals surface area contributed by atoms with Gasteiger partial charge < -0.3 is 4.74 Å². The number of ether oxygens (including phenoxy) is 1. The Balaban J connectivity index is 2.46. The molecule has 0 aliphatic rings. The van der Waals surface area contributed by atoms with Crippen LogP contribution in [0.4, 0.5) is 0 Å². The van der Waals surface area contributed by atoms with E-state index in [2.05, 4.69) is 10.4 Å². The van der Waals surface area contributed by atoms with Gasteiger partial charge in [-0.25, -0.2) is 10.4 Å². The number of hydrazine groups is 1. The van der Waals surface area contributed by atoms with Crippen molar-refractivity contribution in [1.29, 1.82) is 0 Å². The number of benzene rings is 1. The molecule has 1 aromatic heterocycles. The topological polar surface area (TPSA) is 60.2 Å². The SMILES string of the molecule is COc1ccc(Cl)cc1C(NN)c1cscn1. The molecule has 1 heterocycles. The van der Waals surface area contributed by atoms with Crippen LogP contribution in [0.5, 0.6) is 5.75 Å². The number of halogens is 1. The zero-order valence-corrected chi connectivity index (χ0v) is 10.8. The molecule has 0 fully saturated rings. The number of nitrogens with two attached hydrogens (primary N) is 1. The van der Waals surface area contributed by atoms with E-state index in [4.69, 9.17) is 22.2 Å². The zero-order valence-electron chi connectivity index (χ0n) is 9.18. The molecule has 1 aromatic carbocycles. The fourth-order valence-electron chi connectivity index (χ4n) is 1.63. The van der Waals surface area contributed by atoms with Gasteiger partial charge in [-0.3, -0.25) is 5.84 Å². The summed E-state index contributed by atoms with van der Waals surface area (Å²) in [4.78, 5) is 4.25. The highest BCUT2D eigenvalue weighted by Crippen LogP contribution is 2.31. The van der Waals surface area contributed by atoms with Gasteiger partial charge in [0.15, 0.2) is 0 Å². The van der Waals surface area contributed by atoms with E-state index in [0.717, 1.165) is 17.0 Å². The second-order valence-corrected chi connectivity index (χ2v) is 4.55. The molecule has 2 aromatic rings. The van der Waals surface area contributed by atoms with E-state index < -0.39 is 0 Å². The van der Waals surface area contributed by atoms with Crippen LogP contribution in [-0.2, 0) is 0 Å². The lowest BCUT2D eigenvalue weighted by Crippen LogP contribution is -2.29. The second kappa shape index (κ2) is 5.46. The van der Waals surface area contributed by atoms with Crippen LogP contribution in [0.3, 0.4) is 0 Å². The normalized spacial score (nSPS) is 12.4. The van der Waals surface area contributed by atoms with Crippen LogP contribution in [0.1, 0.15) is 17.3 Å². The van der Waals surface area contributed by atoms with E-state index in [-0.39, 0.29) is 6.04 Å². The van der Waals surface area contributed by atoms with Crippen molar-refractivity contribution >= 4 is 22.9 Å². The molecule has 90 valence electrons. The smallest absolute Gasteiger partial charge is 0.124 e. The first-order chi connectivity index (χ1) is 8.26. The number of nitrogens with zero attached hydrogens (tertiary/aromatic N) is 1. The molecule has 3 N–H and O–H groups in total. The van der Waals surface area contributed by atoms with Crippen LogP contribution in [-0.4, -0.2) is 12.1 Å². The highest BCUT2D eigenvalue weighted by atomic mass is 35.5. The largest absolute Gasteiger partial charge is 0.496 e. The van der Waals surface area contributed by atoms with Gasteiger partial charge in [0.2, 0.25) is 0 Å². The monoisotopic (exact) mass is 269 g/mol. The maximum Gasteiger partial charge on any atom is 0.124 e. The molecule has 0 aliphatic carbocycles. The van der Waals surface area contributed by atoms with E-state index >= 15 is 0 Å². The number of nitrogens with one attached hydrogen (secondary N) is 1. The van der Waals surface area contributed by atoms with E-state index in [9.17, 15) is 0 Å². The molecule has 0 radical (unpaired) electrons. The standard InChI is InChI=1S/C11H12ClN3OS/c1-16-10-3-2-7(12)4-8(10)11(15-13)9-5-17-6-14-9/h2-6,11,15H,13H2,1H3. The Kier molecular flexibility index (Phi) is 3.96. The van der Waals surface area contributed by atoms with Gasteiger partial charge >= 0.3 is 0 Å². The van der Waals surface area contributed by atoms with Gasteiger partial charge in [-0.1, -0.05) is 11.6 Å². The van der Waals surface area contributed by atoms with Crippen LogP contribution < -0.4 is 16.0 Å². The lowest BCUT2D eigenvalue weighted by atomic mass is 10.0. The van der Waals surface area contributed by atoms with Crippen LogP contribution in [0.25, 0.3) is 0 Å². The van der Waals surface area contributed by atoms with E-state index in [1.807, 2.05) is 17.5 Å². The Morgan fingerprint density at radius 3 is 2.94 bits per heavy atom. The summed E-state index contributed by atoms with van der Waals surface area (Å²) < 4.78 is 5.30. The van der Waals surface area contributed by atoms with Crippen molar-refractivity contribution < 1.29 is 4.74 Å². The second-order valence-electron chi connectivity index (χ2n) is 3.40. The van der Waals surface area contributed by atoms with Gasteiger partial charge in [0.25, 0.3) is 0 Å².